The van der Waals surface area contributed by atoms with Crippen molar-refractivity contribution < 1.29 is 0 Å². The molecule has 5 heterocycles. The van der Waals surface area contributed by atoms with Crippen molar-refractivity contribution in [3.8, 4) is 38.8 Å². The van der Waals surface area contributed by atoms with Gasteiger partial charge in [-0.2, -0.15) is 0 Å². The Hall–Kier alpha value is -6.50. The lowest BCUT2D eigenvalue weighted by Crippen LogP contribution is -2.09. The summed E-state index contributed by atoms with van der Waals surface area (Å²) < 4.78 is 3.71. The van der Waals surface area contributed by atoms with E-state index in [1.165, 1.54) is 53.5 Å². The van der Waals surface area contributed by atoms with Crippen molar-refractivity contribution in [1.82, 2.24) is 25.2 Å². The van der Waals surface area contributed by atoms with Gasteiger partial charge in [-0.3, -0.25) is 0 Å². The standard InChI is InChI=1S/C46H33N5S/c1-2-6-34(7-3-1)43-28-36-16-19-42-44(45(36)52-43)38-8-4-5-9-41(38)51(42)37-17-14-35(15-18-37)46-49-39(29-40(50-46)33-22-26-48-27-23-33)32-12-10-30(11-13-32)31-20-24-47-25-21-31/h1-24,26,28-29,47-48H,25,27H2. The van der Waals surface area contributed by atoms with Gasteiger partial charge in [0.1, 0.15) is 0 Å². The molecule has 52 heavy (non-hydrogen) atoms. The highest BCUT2D eigenvalue weighted by molar-refractivity contribution is 7.23. The predicted molar refractivity (Wildman–Crippen MR) is 218 cm³/mol. The number of nitrogens with one attached hydrogen (secondary N) is 2. The first-order valence-corrected chi connectivity index (χ1v) is 18.4. The van der Waals surface area contributed by atoms with E-state index in [4.69, 9.17) is 9.97 Å². The fourth-order valence-corrected chi connectivity index (χ4v) is 8.57. The van der Waals surface area contributed by atoms with Crippen molar-refractivity contribution in [2.75, 3.05) is 13.1 Å². The highest BCUT2D eigenvalue weighted by Crippen LogP contribution is 2.43. The van der Waals surface area contributed by atoms with Crippen molar-refractivity contribution in [3.05, 3.63) is 175 Å². The number of hydrogen-bond donors (Lipinski definition) is 2. The van der Waals surface area contributed by atoms with Gasteiger partial charge in [0, 0.05) is 50.3 Å². The molecule has 2 aliphatic rings. The molecule has 0 bridgehead atoms. The average molecular weight is 688 g/mol. The summed E-state index contributed by atoms with van der Waals surface area (Å²) in [4.78, 5) is 11.5. The summed E-state index contributed by atoms with van der Waals surface area (Å²) in [6.07, 6.45) is 12.6. The van der Waals surface area contributed by atoms with Crippen LogP contribution in [-0.4, -0.2) is 27.6 Å². The van der Waals surface area contributed by atoms with E-state index in [0.29, 0.717) is 5.82 Å². The van der Waals surface area contributed by atoms with Crippen LogP contribution in [0.25, 0.3) is 81.8 Å². The lowest BCUT2D eigenvalue weighted by molar-refractivity contribution is 0.973. The molecule has 248 valence electrons. The van der Waals surface area contributed by atoms with E-state index in [-0.39, 0.29) is 0 Å². The van der Waals surface area contributed by atoms with Crippen molar-refractivity contribution in [2.45, 2.75) is 0 Å². The second-order valence-electron chi connectivity index (χ2n) is 13.1. The van der Waals surface area contributed by atoms with Crippen LogP contribution in [0.5, 0.6) is 0 Å². The monoisotopic (exact) mass is 687 g/mol. The average Bonchev–Trinajstić information content (AvgIpc) is 3.82. The summed E-state index contributed by atoms with van der Waals surface area (Å²) in [6.45, 7) is 1.61. The van der Waals surface area contributed by atoms with Gasteiger partial charge in [0.25, 0.3) is 0 Å². The van der Waals surface area contributed by atoms with Crippen LogP contribution in [0.2, 0.25) is 0 Å². The number of aromatic nitrogens is 3. The number of hydrogen-bond acceptors (Lipinski definition) is 5. The third kappa shape index (κ3) is 5.32. The van der Waals surface area contributed by atoms with Gasteiger partial charge in [0.2, 0.25) is 0 Å². The van der Waals surface area contributed by atoms with Crippen LogP contribution in [0.1, 0.15) is 11.3 Å². The number of benzene rings is 5. The van der Waals surface area contributed by atoms with E-state index in [9.17, 15) is 0 Å². The summed E-state index contributed by atoms with van der Waals surface area (Å²) in [6, 6.07) is 45.8. The zero-order chi connectivity index (χ0) is 34.4. The van der Waals surface area contributed by atoms with E-state index in [1.807, 2.05) is 23.7 Å². The van der Waals surface area contributed by atoms with Gasteiger partial charge >= 0.3 is 0 Å². The molecule has 2 N–H and O–H groups in total. The summed E-state index contributed by atoms with van der Waals surface area (Å²) in [5.74, 6) is 0.705. The minimum absolute atomic E-state index is 0.705. The summed E-state index contributed by atoms with van der Waals surface area (Å²) in [5, 5.41) is 10.3. The van der Waals surface area contributed by atoms with Crippen molar-refractivity contribution in [2.24, 2.45) is 0 Å². The maximum Gasteiger partial charge on any atom is 0.160 e. The Kier molecular flexibility index (Phi) is 7.40. The summed E-state index contributed by atoms with van der Waals surface area (Å²) >= 11 is 1.87. The molecule has 0 saturated carbocycles. The van der Waals surface area contributed by atoms with Crippen molar-refractivity contribution >= 4 is 54.4 Å². The maximum absolute atomic E-state index is 5.14. The number of rotatable bonds is 6. The molecule has 8 aromatic rings. The van der Waals surface area contributed by atoms with Gasteiger partial charge in [-0.1, -0.05) is 91.0 Å². The predicted octanol–water partition coefficient (Wildman–Crippen LogP) is 10.8. The Labute approximate surface area is 305 Å². The largest absolute Gasteiger partial charge is 0.387 e. The summed E-state index contributed by atoms with van der Waals surface area (Å²) in [7, 11) is 0. The van der Waals surface area contributed by atoms with Gasteiger partial charge in [-0.05, 0) is 101 Å². The third-order valence-electron chi connectivity index (χ3n) is 9.94. The molecule has 5 aromatic carbocycles. The number of para-hydroxylation sites is 1. The van der Waals surface area contributed by atoms with Crippen molar-refractivity contribution in [3.63, 3.8) is 0 Å². The molecule has 5 nitrogen and oxygen atoms in total. The van der Waals surface area contributed by atoms with Crippen LogP contribution in [-0.2, 0) is 0 Å². The van der Waals surface area contributed by atoms with Crippen molar-refractivity contribution in [1.29, 1.82) is 0 Å². The zero-order valence-corrected chi connectivity index (χ0v) is 29.1. The topological polar surface area (TPSA) is 54.8 Å². The quantitative estimate of drug-likeness (QED) is 0.183. The SMILES string of the molecule is C1=CC(c2ccc(-c3cc(C4=CCNC=C4)nc(-c4ccc(-n5c6ccccc6c6c7sc(-c8ccccc8)cc7ccc65)cc4)n3)cc2)=CCN1. The molecule has 10 rings (SSSR count). The molecule has 0 spiro atoms. The smallest absolute Gasteiger partial charge is 0.160 e. The molecule has 0 amide bonds. The van der Waals surface area contributed by atoms with E-state index in [1.54, 1.807) is 0 Å². The molecule has 3 aromatic heterocycles. The molecule has 0 radical (unpaired) electrons. The number of nitrogens with zero attached hydrogens (tertiary/aromatic N) is 3. The minimum Gasteiger partial charge on any atom is -0.387 e. The van der Waals surface area contributed by atoms with Crippen LogP contribution in [0.4, 0.5) is 0 Å². The molecule has 0 atom stereocenters. The first-order valence-electron chi connectivity index (χ1n) is 17.6. The highest BCUT2D eigenvalue weighted by atomic mass is 32.1. The van der Waals surface area contributed by atoms with Gasteiger partial charge in [0.15, 0.2) is 5.82 Å². The number of thiophene rings is 1. The van der Waals surface area contributed by atoms with Crippen LogP contribution in [0.15, 0.2) is 164 Å². The van der Waals surface area contributed by atoms with E-state index >= 15 is 0 Å². The summed E-state index contributed by atoms with van der Waals surface area (Å²) in [5.41, 5.74) is 12.1. The molecule has 0 unspecified atom stereocenters. The maximum atomic E-state index is 5.14. The second-order valence-corrected chi connectivity index (χ2v) is 14.1. The van der Waals surface area contributed by atoms with Crippen LogP contribution >= 0.6 is 11.3 Å². The van der Waals surface area contributed by atoms with Crippen LogP contribution < -0.4 is 10.6 Å². The molecular formula is C46H33N5S. The fourth-order valence-electron chi connectivity index (χ4n) is 7.35. The van der Waals surface area contributed by atoms with Gasteiger partial charge in [-0.25, -0.2) is 9.97 Å². The second kappa shape index (κ2) is 12.7. The first kappa shape index (κ1) is 30.3. The number of fused-ring (bicyclic) bond motifs is 5. The Balaban J connectivity index is 1.06. The minimum atomic E-state index is 0.705. The van der Waals surface area contributed by atoms with E-state index < -0.39 is 0 Å². The number of allylic oxidation sites excluding steroid dienone is 4. The lowest BCUT2D eigenvalue weighted by atomic mass is 10.0. The Morgan fingerprint density at radius 1 is 0.558 bits per heavy atom. The highest BCUT2D eigenvalue weighted by Gasteiger charge is 2.18. The first-order chi connectivity index (χ1) is 25.8. The Morgan fingerprint density at radius 2 is 1.25 bits per heavy atom. The van der Waals surface area contributed by atoms with E-state index in [0.717, 1.165) is 46.9 Å². The Bertz CT molecular complexity index is 2760. The molecule has 6 heteroatoms. The lowest BCUT2D eigenvalue weighted by Gasteiger charge is -2.13. The van der Waals surface area contributed by atoms with E-state index in [2.05, 4.69) is 167 Å². The normalized spacial score (nSPS) is 14.0. The zero-order valence-electron chi connectivity index (χ0n) is 28.3. The fraction of sp³-hybridized carbons (Fsp3) is 0.0435. The molecular weight excluding hydrogens is 655 g/mol. The molecule has 0 aliphatic carbocycles. The third-order valence-corrected chi connectivity index (χ3v) is 11.2. The molecule has 0 fully saturated rings. The van der Waals surface area contributed by atoms with Crippen LogP contribution in [0.3, 0.4) is 0 Å². The molecule has 2 aliphatic heterocycles. The van der Waals surface area contributed by atoms with Gasteiger partial charge in [0.05, 0.1) is 22.4 Å². The van der Waals surface area contributed by atoms with Gasteiger partial charge < -0.3 is 15.2 Å². The molecule has 0 saturated heterocycles. The van der Waals surface area contributed by atoms with Crippen LogP contribution in [0, 0.1) is 0 Å². The Morgan fingerprint density at radius 3 is 2.02 bits per heavy atom. The number of dihydropyridines is 2. The van der Waals surface area contributed by atoms with Gasteiger partial charge in [-0.15, -0.1) is 11.3 Å².